The lowest BCUT2D eigenvalue weighted by Crippen LogP contribution is -2.52. The van der Waals surface area contributed by atoms with Gasteiger partial charge in [0.1, 0.15) is 5.78 Å². The van der Waals surface area contributed by atoms with Gasteiger partial charge in [-0.2, -0.15) is 0 Å². The summed E-state index contributed by atoms with van der Waals surface area (Å²) in [6, 6.07) is -2.47. The predicted octanol–water partition coefficient (Wildman–Crippen LogP) is 2.43. The average Bonchev–Trinajstić information content (AvgIpc) is 3.89. The quantitative estimate of drug-likeness (QED) is 0.0862. The molecule has 56 heavy (non-hydrogen) atoms. The maximum absolute atomic E-state index is 13.8. The molecule has 4 heterocycles. The van der Waals surface area contributed by atoms with Crippen molar-refractivity contribution in [3.8, 4) is 0 Å². The van der Waals surface area contributed by atoms with Crippen LogP contribution in [0.5, 0.6) is 0 Å². The van der Waals surface area contributed by atoms with Gasteiger partial charge in [0.15, 0.2) is 0 Å². The summed E-state index contributed by atoms with van der Waals surface area (Å²) in [5.74, 6) is 0.111. The highest BCUT2D eigenvalue weighted by Crippen LogP contribution is 2.28. The van der Waals surface area contributed by atoms with Gasteiger partial charge in [0, 0.05) is 77.0 Å². The molecular weight excluding hydrogens is 717 g/mol. The summed E-state index contributed by atoms with van der Waals surface area (Å²) in [6.07, 6.45) is 13.0. The molecule has 0 spiro atoms. The molecule has 16 heteroatoms. The van der Waals surface area contributed by atoms with E-state index >= 15 is 0 Å². The molecule has 4 aliphatic rings. The summed E-state index contributed by atoms with van der Waals surface area (Å²) >= 11 is 0. The van der Waals surface area contributed by atoms with Crippen molar-refractivity contribution in [3.63, 3.8) is 0 Å². The normalized spacial score (nSPS) is 25.6. The number of fused-ring (bicyclic) bond motifs is 3. The van der Waals surface area contributed by atoms with Gasteiger partial charge in [-0.1, -0.05) is 39.0 Å². The molecule has 0 aromatic carbocycles. The van der Waals surface area contributed by atoms with Crippen molar-refractivity contribution in [2.75, 3.05) is 66.5 Å². The van der Waals surface area contributed by atoms with Crippen molar-refractivity contribution in [2.24, 2.45) is 5.92 Å². The second-order valence-electron chi connectivity index (χ2n) is 16.5. The van der Waals surface area contributed by atoms with E-state index in [1.165, 1.54) is 0 Å². The fraction of sp³-hybridized carbons (Fsp3) is 0.850. The first-order valence-corrected chi connectivity index (χ1v) is 21.6. The van der Waals surface area contributed by atoms with Gasteiger partial charge in [0.25, 0.3) is 0 Å². The molecule has 8 amide bonds. The van der Waals surface area contributed by atoms with Gasteiger partial charge in [-0.05, 0) is 84.5 Å². The van der Waals surface area contributed by atoms with Gasteiger partial charge >= 0.3 is 18.1 Å². The molecule has 0 aromatic rings. The summed E-state index contributed by atoms with van der Waals surface area (Å²) in [7, 11) is 3.82. The third-order valence-electron chi connectivity index (χ3n) is 11.8. The molecule has 4 aliphatic heterocycles. The minimum absolute atomic E-state index is 0.0100. The van der Waals surface area contributed by atoms with Crippen LogP contribution in [0, 0.1) is 5.92 Å². The van der Waals surface area contributed by atoms with E-state index in [0.717, 1.165) is 77.3 Å². The number of carbonyl (C=O) groups is 6. The van der Waals surface area contributed by atoms with Gasteiger partial charge in [0.05, 0.1) is 18.1 Å². The molecule has 318 valence electrons. The second kappa shape index (κ2) is 24.2. The Morgan fingerprint density at radius 1 is 0.571 bits per heavy atom. The summed E-state index contributed by atoms with van der Waals surface area (Å²) in [5.41, 5.74) is 0. The smallest absolute Gasteiger partial charge is 0.317 e. The Hall–Kier alpha value is -3.66. The van der Waals surface area contributed by atoms with Crippen LogP contribution in [0.1, 0.15) is 116 Å². The minimum atomic E-state index is -0.359. The highest BCUT2D eigenvalue weighted by atomic mass is 16.2. The van der Waals surface area contributed by atoms with Crippen LogP contribution in [0.2, 0.25) is 0 Å². The van der Waals surface area contributed by atoms with E-state index in [-0.39, 0.29) is 91.5 Å². The van der Waals surface area contributed by atoms with E-state index in [2.05, 4.69) is 44.1 Å². The molecular formula is C40H72N10O6. The molecule has 6 atom stereocenters. The van der Waals surface area contributed by atoms with Crippen molar-refractivity contribution in [1.29, 1.82) is 0 Å². The van der Waals surface area contributed by atoms with Gasteiger partial charge in [0.2, 0.25) is 11.8 Å². The lowest BCUT2D eigenvalue weighted by atomic mass is 9.96. The van der Waals surface area contributed by atoms with Crippen LogP contribution in [0.15, 0.2) is 0 Å². The Kier molecular flexibility index (Phi) is 19.5. The number of ketones is 1. The van der Waals surface area contributed by atoms with Crippen LogP contribution >= 0.6 is 0 Å². The van der Waals surface area contributed by atoms with E-state index < -0.39 is 0 Å². The SMILES string of the molecule is CCCCCCC(=O)CC1CC2CNC(=O)N3CC(NC(=O)CCCCCNC)CC3CNC(=O)N3CC(NC(=O)CCCCCNC)CC3CNC(=O)N2C1. The lowest BCUT2D eigenvalue weighted by molar-refractivity contribution is -0.122. The number of nitrogens with one attached hydrogen (secondary N) is 7. The molecule has 16 nitrogen and oxygen atoms in total. The zero-order chi connectivity index (χ0) is 40.3. The first-order chi connectivity index (χ1) is 27.1. The fourth-order valence-corrected chi connectivity index (χ4v) is 8.75. The molecule has 4 rings (SSSR count). The van der Waals surface area contributed by atoms with Gasteiger partial charge in [-0.25, -0.2) is 14.4 Å². The molecule has 4 fully saturated rings. The number of hydrogen-bond acceptors (Lipinski definition) is 8. The number of rotatable bonds is 21. The van der Waals surface area contributed by atoms with Gasteiger partial charge in [-0.3, -0.25) is 14.4 Å². The van der Waals surface area contributed by atoms with E-state index in [4.69, 9.17) is 0 Å². The summed E-state index contributed by atoms with van der Waals surface area (Å²) < 4.78 is 0. The van der Waals surface area contributed by atoms with Crippen molar-refractivity contribution in [2.45, 2.75) is 146 Å². The van der Waals surface area contributed by atoms with Crippen LogP contribution in [0.3, 0.4) is 0 Å². The highest BCUT2D eigenvalue weighted by molar-refractivity contribution is 5.81. The second-order valence-corrected chi connectivity index (χ2v) is 16.5. The van der Waals surface area contributed by atoms with Gasteiger partial charge < -0.3 is 51.9 Å². The summed E-state index contributed by atoms with van der Waals surface area (Å²) in [6.45, 7) is 5.60. The number of hydrogen-bond donors (Lipinski definition) is 7. The van der Waals surface area contributed by atoms with E-state index in [1.54, 1.807) is 14.7 Å². The number of urea groups is 3. The zero-order valence-electron chi connectivity index (χ0n) is 34.4. The minimum Gasteiger partial charge on any atom is -0.352 e. The average molecular weight is 789 g/mol. The molecule has 0 radical (unpaired) electrons. The topological polar surface area (TPSA) is 196 Å². The Morgan fingerprint density at radius 2 is 1.00 bits per heavy atom. The highest BCUT2D eigenvalue weighted by Gasteiger charge is 2.42. The number of Topliss-reactive ketones (excluding diaryl/α,β-unsaturated/α-hetero) is 1. The first-order valence-electron chi connectivity index (χ1n) is 21.6. The first kappa shape index (κ1) is 45.0. The van der Waals surface area contributed by atoms with Crippen LogP contribution in [-0.2, 0) is 14.4 Å². The summed E-state index contributed by atoms with van der Waals surface area (Å²) in [5, 5.41) is 21.6. The van der Waals surface area contributed by atoms with Crippen molar-refractivity contribution >= 4 is 35.7 Å². The van der Waals surface area contributed by atoms with Gasteiger partial charge in [-0.15, -0.1) is 0 Å². The Morgan fingerprint density at radius 3 is 1.46 bits per heavy atom. The maximum atomic E-state index is 13.8. The summed E-state index contributed by atoms with van der Waals surface area (Å²) in [4.78, 5) is 85.3. The molecule has 6 unspecified atom stereocenters. The maximum Gasteiger partial charge on any atom is 0.317 e. The van der Waals surface area contributed by atoms with E-state index in [1.807, 2.05) is 14.1 Å². The predicted molar refractivity (Wildman–Crippen MR) is 216 cm³/mol. The monoisotopic (exact) mass is 789 g/mol. The van der Waals surface area contributed by atoms with Crippen LogP contribution in [0.25, 0.3) is 0 Å². The number of unbranched alkanes of at least 4 members (excludes halogenated alkanes) is 7. The fourth-order valence-electron chi connectivity index (χ4n) is 8.75. The molecule has 0 saturated carbocycles. The largest absolute Gasteiger partial charge is 0.352 e. The van der Waals surface area contributed by atoms with E-state index in [9.17, 15) is 28.8 Å². The molecule has 0 bridgehead atoms. The molecule has 0 aromatic heterocycles. The third kappa shape index (κ3) is 14.7. The molecule has 7 N–H and O–H groups in total. The number of nitrogens with zero attached hydrogens (tertiary/aromatic N) is 3. The number of amides is 8. The Labute approximate surface area is 334 Å². The van der Waals surface area contributed by atoms with Crippen LogP contribution in [0.4, 0.5) is 14.4 Å². The Bertz CT molecular complexity index is 1260. The van der Waals surface area contributed by atoms with Crippen molar-refractivity contribution in [1.82, 2.24) is 51.9 Å². The molecule has 4 saturated heterocycles. The third-order valence-corrected chi connectivity index (χ3v) is 11.8. The Balaban J connectivity index is 1.45. The van der Waals surface area contributed by atoms with Crippen LogP contribution in [-0.4, -0.2) is 147 Å². The van der Waals surface area contributed by atoms with Crippen LogP contribution < -0.4 is 37.2 Å². The van der Waals surface area contributed by atoms with Crippen molar-refractivity contribution in [3.05, 3.63) is 0 Å². The lowest BCUT2D eigenvalue weighted by Gasteiger charge is -2.28. The molecule has 0 aliphatic carbocycles. The van der Waals surface area contributed by atoms with Crippen molar-refractivity contribution < 1.29 is 28.8 Å². The van der Waals surface area contributed by atoms with E-state index in [0.29, 0.717) is 64.6 Å². The zero-order valence-corrected chi connectivity index (χ0v) is 34.4. The standard InChI is InChI=1S/C40H72N10O6/c1-4-5-6-9-14-35(51)20-29-19-32-23-43-39(55)49-27-31(47-37(53)16-11-8-13-18-42-3)22-34(49)25-45-40(56)50-28-30(46-36(52)15-10-7-12-17-41-2)21-33(50)24-44-38(54)48(32)26-29/h29-34,41-42H,4-28H2,1-3H3,(H,43,55)(H,44,54)(H,45,56)(H,46,52)(H,47,53). The number of carbonyl (C=O) groups excluding carboxylic acids is 6.